The Hall–Kier alpha value is -1.36. The van der Waals surface area contributed by atoms with Crippen molar-refractivity contribution in [3.8, 4) is 0 Å². The Bertz CT molecular complexity index is 396. The molecule has 0 aliphatic carbocycles. The van der Waals surface area contributed by atoms with E-state index in [-0.39, 0.29) is 5.54 Å². The summed E-state index contributed by atoms with van der Waals surface area (Å²) in [7, 11) is 0. The van der Waals surface area contributed by atoms with Crippen LogP contribution in [0.3, 0.4) is 0 Å². The maximum atomic E-state index is 11.1. The van der Waals surface area contributed by atoms with Gasteiger partial charge in [0.25, 0.3) is 0 Å². The maximum absolute atomic E-state index is 11.1. The zero-order valence-corrected chi connectivity index (χ0v) is 9.36. The van der Waals surface area contributed by atoms with E-state index in [1.165, 1.54) is 4.57 Å². The number of aryl methyl sites for hydroxylation is 1. The van der Waals surface area contributed by atoms with Gasteiger partial charge in [-0.1, -0.05) is 17.3 Å². The zero-order chi connectivity index (χ0) is 11.5. The Labute approximate surface area is 88.6 Å². The molecule has 1 heterocycles. The average molecular weight is 211 g/mol. The van der Waals surface area contributed by atoms with Gasteiger partial charge in [-0.3, -0.25) is 9.09 Å². The van der Waals surface area contributed by atoms with Crippen LogP contribution in [0, 0.1) is 6.92 Å². The third-order valence-electron chi connectivity index (χ3n) is 1.97. The highest BCUT2D eigenvalue weighted by Gasteiger charge is 2.07. The van der Waals surface area contributed by atoms with Crippen LogP contribution in [-0.4, -0.2) is 15.3 Å². The van der Waals surface area contributed by atoms with Gasteiger partial charge in [0.05, 0.1) is 0 Å². The Balaban J connectivity index is 2.55. The number of hydrogen-bond acceptors (Lipinski definition) is 4. The number of nitrogens with zero attached hydrogens (tertiary/aromatic N) is 2. The summed E-state index contributed by atoms with van der Waals surface area (Å²) in [6.45, 7) is 6.11. The normalized spacial score (nSPS) is 12.5. The standard InChI is InChI=1S/C10H17N3O2/c1-8-12-15-9(14)13(8)7-5-4-6-10(2,3)11/h4-5H,6-7,11H2,1-3H3/b5-4+. The van der Waals surface area contributed by atoms with Gasteiger partial charge < -0.3 is 5.73 Å². The molecule has 0 bridgehead atoms. The summed E-state index contributed by atoms with van der Waals surface area (Å²) in [5.41, 5.74) is 5.59. The molecule has 84 valence electrons. The van der Waals surface area contributed by atoms with Crippen LogP contribution >= 0.6 is 0 Å². The summed E-state index contributed by atoms with van der Waals surface area (Å²) in [6.07, 6.45) is 4.62. The Kier molecular flexibility index (Phi) is 3.47. The van der Waals surface area contributed by atoms with E-state index >= 15 is 0 Å². The van der Waals surface area contributed by atoms with Crippen molar-refractivity contribution >= 4 is 0 Å². The number of nitrogens with two attached hydrogens (primary N) is 1. The van der Waals surface area contributed by atoms with Crippen LogP contribution in [0.2, 0.25) is 0 Å². The molecule has 0 saturated carbocycles. The van der Waals surface area contributed by atoms with Gasteiger partial charge in [0.2, 0.25) is 0 Å². The second-order valence-electron chi connectivity index (χ2n) is 4.27. The molecule has 2 N–H and O–H groups in total. The predicted molar refractivity (Wildman–Crippen MR) is 57.5 cm³/mol. The molecule has 0 unspecified atom stereocenters. The minimum Gasteiger partial charge on any atom is -0.325 e. The molecular formula is C10H17N3O2. The van der Waals surface area contributed by atoms with Crippen LogP contribution in [0.15, 0.2) is 21.5 Å². The molecule has 0 fully saturated rings. The van der Waals surface area contributed by atoms with Gasteiger partial charge >= 0.3 is 5.76 Å². The molecule has 0 atom stereocenters. The lowest BCUT2D eigenvalue weighted by molar-refractivity contribution is 0.376. The minimum atomic E-state index is -0.427. The molecule has 0 aliphatic rings. The third kappa shape index (κ3) is 3.71. The van der Waals surface area contributed by atoms with E-state index in [2.05, 4.69) is 9.68 Å². The topological polar surface area (TPSA) is 74.0 Å². The molecule has 0 amide bonds. The van der Waals surface area contributed by atoms with E-state index in [4.69, 9.17) is 5.73 Å². The van der Waals surface area contributed by atoms with Gasteiger partial charge in [-0.15, -0.1) is 0 Å². The van der Waals surface area contributed by atoms with Gasteiger partial charge in [0.1, 0.15) is 0 Å². The molecule has 5 heteroatoms. The minimum absolute atomic E-state index is 0.217. The highest BCUT2D eigenvalue weighted by atomic mass is 16.5. The monoisotopic (exact) mass is 211 g/mol. The second kappa shape index (κ2) is 4.44. The quantitative estimate of drug-likeness (QED) is 0.748. The molecule has 15 heavy (non-hydrogen) atoms. The number of rotatable bonds is 4. The van der Waals surface area contributed by atoms with Gasteiger partial charge in [-0.25, -0.2) is 4.79 Å². The number of allylic oxidation sites excluding steroid dienone is 1. The summed E-state index contributed by atoms with van der Waals surface area (Å²) in [4.78, 5) is 11.1. The first kappa shape index (κ1) is 11.7. The van der Waals surface area contributed by atoms with Crippen LogP contribution in [-0.2, 0) is 6.54 Å². The zero-order valence-electron chi connectivity index (χ0n) is 9.36. The van der Waals surface area contributed by atoms with Crippen LogP contribution in [0.25, 0.3) is 0 Å². The Morgan fingerprint density at radius 1 is 1.53 bits per heavy atom. The molecule has 0 spiro atoms. The number of hydrogen-bond donors (Lipinski definition) is 1. The summed E-state index contributed by atoms with van der Waals surface area (Å²) in [5.74, 6) is 0.154. The molecule has 1 rings (SSSR count). The van der Waals surface area contributed by atoms with E-state index in [0.29, 0.717) is 12.4 Å². The Morgan fingerprint density at radius 2 is 2.20 bits per heavy atom. The van der Waals surface area contributed by atoms with Crippen molar-refractivity contribution in [2.45, 2.75) is 39.3 Å². The summed E-state index contributed by atoms with van der Waals surface area (Å²) in [5, 5.41) is 3.56. The molecule has 5 nitrogen and oxygen atoms in total. The van der Waals surface area contributed by atoms with E-state index in [9.17, 15) is 4.79 Å². The first-order valence-electron chi connectivity index (χ1n) is 4.87. The fourth-order valence-electron chi connectivity index (χ4n) is 1.11. The Morgan fingerprint density at radius 3 is 2.67 bits per heavy atom. The van der Waals surface area contributed by atoms with Gasteiger partial charge in [0.15, 0.2) is 5.82 Å². The van der Waals surface area contributed by atoms with Crippen molar-refractivity contribution in [2.75, 3.05) is 0 Å². The predicted octanol–water partition coefficient (Wildman–Crippen LogP) is 0.828. The summed E-state index contributed by atoms with van der Waals surface area (Å²) < 4.78 is 5.95. The smallest absolute Gasteiger partial charge is 0.325 e. The van der Waals surface area contributed by atoms with Crippen molar-refractivity contribution in [2.24, 2.45) is 5.73 Å². The van der Waals surface area contributed by atoms with Crippen LogP contribution in [0.4, 0.5) is 0 Å². The highest BCUT2D eigenvalue weighted by molar-refractivity contribution is 4.91. The van der Waals surface area contributed by atoms with E-state index in [1.54, 1.807) is 6.92 Å². The highest BCUT2D eigenvalue weighted by Crippen LogP contribution is 2.04. The van der Waals surface area contributed by atoms with Crippen molar-refractivity contribution in [1.29, 1.82) is 0 Å². The summed E-state index contributed by atoms with van der Waals surface area (Å²) >= 11 is 0. The van der Waals surface area contributed by atoms with Gasteiger partial charge in [0, 0.05) is 12.1 Å². The van der Waals surface area contributed by atoms with Crippen molar-refractivity contribution in [3.63, 3.8) is 0 Å². The first-order chi connectivity index (χ1) is 6.90. The lowest BCUT2D eigenvalue weighted by Gasteiger charge is -2.14. The first-order valence-corrected chi connectivity index (χ1v) is 4.87. The molecular weight excluding hydrogens is 194 g/mol. The van der Waals surface area contributed by atoms with Crippen molar-refractivity contribution < 1.29 is 4.52 Å². The van der Waals surface area contributed by atoms with E-state index in [1.807, 2.05) is 26.0 Å². The van der Waals surface area contributed by atoms with E-state index < -0.39 is 5.76 Å². The fourth-order valence-corrected chi connectivity index (χ4v) is 1.11. The summed E-state index contributed by atoms with van der Waals surface area (Å²) in [6, 6.07) is 0. The van der Waals surface area contributed by atoms with Crippen LogP contribution in [0.5, 0.6) is 0 Å². The maximum Gasteiger partial charge on any atom is 0.441 e. The molecule has 1 aromatic heterocycles. The molecule has 0 aliphatic heterocycles. The van der Waals surface area contributed by atoms with Crippen LogP contribution in [0.1, 0.15) is 26.1 Å². The SMILES string of the molecule is Cc1noc(=O)n1C/C=C/CC(C)(C)N. The fraction of sp³-hybridized carbons (Fsp3) is 0.600. The molecule has 0 radical (unpaired) electrons. The third-order valence-corrected chi connectivity index (χ3v) is 1.97. The lowest BCUT2D eigenvalue weighted by atomic mass is 10.0. The molecule has 0 saturated heterocycles. The lowest BCUT2D eigenvalue weighted by Crippen LogP contribution is -2.30. The van der Waals surface area contributed by atoms with Crippen LogP contribution < -0.4 is 11.5 Å². The molecule has 0 aromatic carbocycles. The van der Waals surface area contributed by atoms with Crippen molar-refractivity contribution in [3.05, 3.63) is 28.5 Å². The second-order valence-corrected chi connectivity index (χ2v) is 4.27. The van der Waals surface area contributed by atoms with Crippen molar-refractivity contribution in [1.82, 2.24) is 9.72 Å². The number of aromatic nitrogens is 2. The largest absolute Gasteiger partial charge is 0.441 e. The average Bonchev–Trinajstić information content (AvgIpc) is 2.40. The van der Waals surface area contributed by atoms with Gasteiger partial charge in [-0.2, -0.15) is 0 Å². The van der Waals surface area contributed by atoms with E-state index in [0.717, 1.165) is 6.42 Å². The van der Waals surface area contributed by atoms with Gasteiger partial charge in [-0.05, 0) is 27.2 Å². The molecule has 1 aromatic rings.